The molecule has 0 bridgehead atoms. The van der Waals surface area contributed by atoms with E-state index in [1.54, 1.807) is 12.1 Å². The van der Waals surface area contributed by atoms with Crippen LogP contribution in [0.2, 0.25) is 0 Å². The van der Waals surface area contributed by atoms with Gasteiger partial charge in [0.25, 0.3) is 0 Å². The summed E-state index contributed by atoms with van der Waals surface area (Å²) in [5.74, 6) is 0.663. The third-order valence-electron chi connectivity index (χ3n) is 2.87. The van der Waals surface area contributed by atoms with Crippen molar-refractivity contribution in [1.82, 2.24) is 0 Å². The standard InChI is InChI=1S/C15H16F3NO2/c16-15(17,18)10-20-8-3-9-21-14-7-6-13(19)11-4-1-2-5-12(11)14/h1-2,4-7H,3,8-10,19H2. The summed E-state index contributed by atoms with van der Waals surface area (Å²) >= 11 is 0. The van der Waals surface area contributed by atoms with Crippen LogP contribution in [0.15, 0.2) is 36.4 Å². The lowest BCUT2D eigenvalue weighted by molar-refractivity contribution is -0.174. The topological polar surface area (TPSA) is 44.5 Å². The highest BCUT2D eigenvalue weighted by molar-refractivity contribution is 5.96. The van der Waals surface area contributed by atoms with Crippen LogP contribution in [0.1, 0.15) is 6.42 Å². The first kappa shape index (κ1) is 15.4. The molecule has 0 heterocycles. The van der Waals surface area contributed by atoms with E-state index in [1.165, 1.54) is 0 Å². The quantitative estimate of drug-likeness (QED) is 0.652. The zero-order valence-electron chi connectivity index (χ0n) is 11.3. The highest BCUT2D eigenvalue weighted by atomic mass is 19.4. The average Bonchev–Trinajstić information content (AvgIpc) is 2.44. The molecule has 2 aromatic rings. The van der Waals surface area contributed by atoms with Crippen LogP contribution in [0.3, 0.4) is 0 Å². The van der Waals surface area contributed by atoms with E-state index in [2.05, 4.69) is 4.74 Å². The second kappa shape index (κ2) is 6.67. The summed E-state index contributed by atoms with van der Waals surface area (Å²) in [5, 5.41) is 1.78. The van der Waals surface area contributed by atoms with Gasteiger partial charge in [0, 0.05) is 22.9 Å². The van der Waals surface area contributed by atoms with E-state index < -0.39 is 12.8 Å². The van der Waals surface area contributed by atoms with Crippen LogP contribution < -0.4 is 10.5 Å². The first-order valence-corrected chi connectivity index (χ1v) is 6.52. The van der Waals surface area contributed by atoms with E-state index >= 15 is 0 Å². The fraction of sp³-hybridized carbons (Fsp3) is 0.333. The van der Waals surface area contributed by atoms with Crippen LogP contribution in [0, 0.1) is 0 Å². The normalized spacial score (nSPS) is 11.8. The van der Waals surface area contributed by atoms with Gasteiger partial charge in [0.15, 0.2) is 0 Å². The molecule has 0 atom stereocenters. The number of alkyl halides is 3. The third-order valence-corrected chi connectivity index (χ3v) is 2.87. The van der Waals surface area contributed by atoms with E-state index in [4.69, 9.17) is 10.5 Å². The Hall–Kier alpha value is -1.95. The molecule has 0 aromatic heterocycles. The van der Waals surface area contributed by atoms with Crippen LogP contribution >= 0.6 is 0 Å². The molecule has 0 fully saturated rings. The zero-order valence-corrected chi connectivity index (χ0v) is 11.3. The van der Waals surface area contributed by atoms with Gasteiger partial charge in [-0.05, 0) is 12.1 Å². The van der Waals surface area contributed by atoms with Gasteiger partial charge >= 0.3 is 6.18 Å². The summed E-state index contributed by atoms with van der Waals surface area (Å²) in [7, 11) is 0. The molecular formula is C15H16F3NO2. The molecule has 2 N–H and O–H groups in total. The Balaban J connectivity index is 1.86. The number of hydrogen-bond donors (Lipinski definition) is 1. The van der Waals surface area contributed by atoms with E-state index in [0.29, 0.717) is 17.9 Å². The second-order valence-corrected chi connectivity index (χ2v) is 4.57. The minimum Gasteiger partial charge on any atom is -0.493 e. The summed E-state index contributed by atoms with van der Waals surface area (Å²) in [6.45, 7) is -0.935. The molecular weight excluding hydrogens is 283 g/mol. The number of halogens is 3. The molecule has 2 aromatic carbocycles. The Bertz CT molecular complexity index is 599. The summed E-state index contributed by atoms with van der Waals surface area (Å²) in [5.41, 5.74) is 6.54. The second-order valence-electron chi connectivity index (χ2n) is 4.57. The number of rotatable bonds is 6. The highest BCUT2D eigenvalue weighted by Gasteiger charge is 2.27. The first-order valence-electron chi connectivity index (χ1n) is 6.52. The molecule has 0 aliphatic heterocycles. The summed E-state index contributed by atoms with van der Waals surface area (Å²) in [4.78, 5) is 0. The molecule has 114 valence electrons. The molecule has 21 heavy (non-hydrogen) atoms. The van der Waals surface area contributed by atoms with Crippen molar-refractivity contribution in [2.45, 2.75) is 12.6 Å². The van der Waals surface area contributed by atoms with Gasteiger partial charge in [-0.15, -0.1) is 0 Å². The van der Waals surface area contributed by atoms with Crippen LogP contribution in [-0.2, 0) is 4.74 Å². The summed E-state index contributed by atoms with van der Waals surface area (Å²) in [6.07, 6.45) is -3.90. The van der Waals surface area contributed by atoms with E-state index in [9.17, 15) is 13.2 Å². The van der Waals surface area contributed by atoms with Crippen molar-refractivity contribution in [1.29, 1.82) is 0 Å². The fourth-order valence-corrected chi connectivity index (χ4v) is 1.95. The maximum Gasteiger partial charge on any atom is 0.411 e. The molecule has 3 nitrogen and oxygen atoms in total. The van der Waals surface area contributed by atoms with Gasteiger partial charge in [-0.3, -0.25) is 0 Å². The molecule has 0 saturated carbocycles. The van der Waals surface area contributed by atoms with Crippen molar-refractivity contribution in [3.63, 3.8) is 0 Å². The van der Waals surface area contributed by atoms with Crippen LogP contribution in [0.5, 0.6) is 5.75 Å². The van der Waals surface area contributed by atoms with Crippen LogP contribution in [-0.4, -0.2) is 26.0 Å². The highest BCUT2D eigenvalue weighted by Crippen LogP contribution is 2.29. The SMILES string of the molecule is Nc1ccc(OCCCOCC(F)(F)F)c2ccccc12. The molecule has 6 heteroatoms. The minimum atomic E-state index is -4.28. The lowest BCUT2D eigenvalue weighted by Gasteiger charge is -2.11. The Labute approximate surface area is 120 Å². The van der Waals surface area contributed by atoms with E-state index in [0.717, 1.165) is 10.8 Å². The van der Waals surface area contributed by atoms with Crippen LogP contribution in [0.25, 0.3) is 10.8 Å². The van der Waals surface area contributed by atoms with Crippen molar-refractivity contribution in [3.8, 4) is 5.75 Å². The Kier molecular flexibility index (Phi) is 4.90. The molecule has 0 aliphatic rings. The number of ether oxygens (including phenoxy) is 2. The first-order chi connectivity index (χ1) is 9.97. The van der Waals surface area contributed by atoms with Gasteiger partial charge in [0.05, 0.1) is 13.2 Å². The summed E-state index contributed by atoms with van der Waals surface area (Å²) in [6, 6.07) is 11.0. The lowest BCUT2D eigenvalue weighted by atomic mass is 10.1. The number of fused-ring (bicyclic) bond motifs is 1. The van der Waals surface area contributed by atoms with Crippen molar-refractivity contribution in [3.05, 3.63) is 36.4 Å². The maximum atomic E-state index is 11.9. The largest absolute Gasteiger partial charge is 0.493 e. The predicted molar refractivity (Wildman–Crippen MR) is 75.3 cm³/mol. The fourth-order valence-electron chi connectivity index (χ4n) is 1.95. The van der Waals surface area contributed by atoms with Crippen molar-refractivity contribution in [2.24, 2.45) is 0 Å². The number of nitrogen functional groups attached to an aromatic ring is 1. The smallest absolute Gasteiger partial charge is 0.411 e. The molecule has 2 rings (SSSR count). The number of nitrogens with two attached hydrogens (primary N) is 1. The monoisotopic (exact) mass is 299 g/mol. The molecule has 0 unspecified atom stereocenters. The lowest BCUT2D eigenvalue weighted by Crippen LogP contribution is -2.18. The minimum absolute atomic E-state index is 0.00636. The molecule has 0 amide bonds. The zero-order chi connectivity index (χ0) is 15.3. The van der Waals surface area contributed by atoms with Crippen molar-refractivity contribution >= 4 is 16.5 Å². The van der Waals surface area contributed by atoms with E-state index in [-0.39, 0.29) is 13.2 Å². The number of hydrogen-bond acceptors (Lipinski definition) is 3. The van der Waals surface area contributed by atoms with Gasteiger partial charge < -0.3 is 15.2 Å². The van der Waals surface area contributed by atoms with Gasteiger partial charge in [0.1, 0.15) is 12.4 Å². The Morgan fingerprint density at radius 2 is 1.67 bits per heavy atom. The molecule has 0 spiro atoms. The summed E-state index contributed by atoms with van der Waals surface area (Å²) < 4.78 is 45.7. The Morgan fingerprint density at radius 3 is 2.38 bits per heavy atom. The van der Waals surface area contributed by atoms with Crippen LogP contribution in [0.4, 0.5) is 18.9 Å². The third kappa shape index (κ3) is 4.53. The van der Waals surface area contributed by atoms with E-state index in [1.807, 2.05) is 24.3 Å². The Morgan fingerprint density at radius 1 is 0.952 bits per heavy atom. The van der Waals surface area contributed by atoms with Gasteiger partial charge in [-0.1, -0.05) is 24.3 Å². The average molecular weight is 299 g/mol. The number of anilines is 1. The molecule has 0 aliphatic carbocycles. The predicted octanol–water partition coefficient (Wildman–Crippen LogP) is 3.77. The van der Waals surface area contributed by atoms with Gasteiger partial charge in [0.2, 0.25) is 0 Å². The molecule has 0 radical (unpaired) electrons. The van der Waals surface area contributed by atoms with Gasteiger partial charge in [-0.2, -0.15) is 13.2 Å². The van der Waals surface area contributed by atoms with Crippen molar-refractivity contribution < 1.29 is 22.6 Å². The van der Waals surface area contributed by atoms with Gasteiger partial charge in [-0.25, -0.2) is 0 Å². The number of benzene rings is 2. The molecule has 0 saturated heterocycles. The maximum absolute atomic E-state index is 11.9. The van der Waals surface area contributed by atoms with Crippen molar-refractivity contribution in [2.75, 3.05) is 25.6 Å².